The van der Waals surface area contributed by atoms with Crippen molar-refractivity contribution in [2.45, 2.75) is 0 Å². The van der Waals surface area contributed by atoms with Crippen LogP contribution in [0.5, 0.6) is 5.75 Å². The zero-order valence-electron chi connectivity index (χ0n) is 12.9. The molecule has 1 aromatic carbocycles. The molecule has 2 aliphatic rings. The summed E-state index contributed by atoms with van der Waals surface area (Å²) in [5.41, 5.74) is 0.855. The van der Waals surface area contributed by atoms with Gasteiger partial charge in [-0.05, 0) is 24.3 Å². The topological polar surface area (TPSA) is 50.8 Å². The van der Waals surface area contributed by atoms with Crippen LogP contribution in [-0.2, 0) is 9.53 Å². The van der Waals surface area contributed by atoms with Gasteiger partial charge in [0, 0.05) is 29.7 Å². The van der Waals surface area contributed by atoms with Crippen molar-refractivity contribution >= 4 is 56.2 Å². The average Bonchev–Trinajstić information content (AvgIpc) is 2.88. The molecular weight excluding hydrogens is 412 g/mol. The van der Waals surface area contributed by atoms with Gasteiger partial charge in [0.15, 0.2) is 0 Å². The predicted octanol–water partition coefficient (Wildman–Crippen LogP) is 2.65. The van der Waals surface area contributed by atoms with Gasteiger partial charge in [-0.25, -0.2) is 0 Å². The Bertz CT molecular complexity index is 675. The van der Waals surface area contributed by atoms with Crippen LogP contribution in [0.25, 0.3) is 6.08 Å². The number of nitrogens with one attached hydrogen (secondary N) is 1. The molecule has 0 aromatic heterocycles. The lowest BCUT2D eigenvalue weighted by Gasteiger charge is -2.26. The normalized spacial score (nSPS) is 20.5. The number of rotatable bonds is 5. The van der Waals surface area contributed by atoms with Crippen molar-refractivity contribution in [1.29, 1.82) is 0 Å². The van der Waals surface area contributed by atoms with E-state index >= 15 is 0 Å². The van der Waals surface area contributed by atoms with Gasteiger partial charge in [0.1, 0.15) is 16.7 Å². The van der Waals surface area contributed by atoms with Crippen molar-refractivity contribution in [2.24, 2.45) is 0 Å². The second-order valence-electron chi connectivity index (χ2n) is 5.34. The molecule has 128 valence electrons. The van der Waals surface area contributed by atoms with E-state index in [4.69, 9.17) is 21.7 Å². The summed E-state index contributed by atoms with van der Waals surface area (Å²) in [6.45, 7) is 4.89. The van der Waals surface area contributed by atoms with Crippen LogP contribution < -0.4 is 10.1 Å². The van der Waals surface area contributed by atoms with Crippen LogP contribution in [0.4, 0.5) is 0 Å². The summed E-state index contributed by atoms with van der Waals surface area (Å²) in [7, 11) is 0. The number of thiocarbonyl (C=S) groups is 1. The lowest BCUT2D eigenvalue weighted by molar-refractivity contribution is -0.115. The van der Waals surface area contributed by atoms with Gasteiger partial charge < -0.3 is 14.8 Å². The fourth-order valence-corrected chi connectivity index (χ4v) is 3.85. The lowest BCUT2D eigenvalue weighted by atomic mass is 10.2. The first-order chi connectivity index (χ1) is 11.6. The number of hydrogen-bond acceptors (Lipinski definition) is 6. The predicted molar refractivity (Wildman–Crippen MR) is 103 cm³/mol. The quantitative estimate of drug-likeness (QED) is 0.574. The van der Waals surface area contributed by atoms with Crippen LogP contribution in [0, 0.1) is 0 Å². The minimum atomic E-state index is -0.163. The van der Waals surface area contributed by atoms with E-state index in [1.807, 2.05) is 24.3 Å². The highest BCUT2D eigenvalue weighted by atomic mass is 79.9. The van der Waals surface area contributed by atoms with Crippen LogP contribution in [-0.4, -0.2) is 54.6 Å². The van der Waals surface area contributed by atoms with Crippen LogP contribution in [0.2, 0.25) is 0 Å². The molecule has 0 atom stereocenters. The fourth-order valence-electron chi connectivity index (χ4n) is 2.44. The molecule has 0 radical (unpaired) electrons. The zero-order chi connectivity index (χ0) is 16.9. The van der Waals surface area contributed by atoms with Crippen LogP contribution in [0.15, 0.2) is 27.6 Å². The molecule has 3 rings (SSSR count). The minimum absolute atomic E-state index is 0.163. The van der Waals surface area contributed by atoms with E-state index < -0.39 is 0 Å². The Balaban J connectivity index is 1.68. The molecule has 0 aliphatic carbocycles. The highest BCUT2D eigenvalue weighted by Crippen LogP contribution is 2.31. The number of carbonyl (C=O) groups is 1. The number of morpholine rings is 1. The molecule has 2 saturated heterocycles. The number of halogens is 1. The molecule has 0 spiro atoms. The maximum Gasteiger partial charge on any atom is 0.263 e. The van der Waals surface area contributed by atoms with Gasteiger partial charge in [-0.2, -0.15) is 0 Å². The smallest absolute Gasteiger partial charge is 0.263 e. The summed E-state index contributed by atoms with van der Waals surface area (Å²) in [6.07, 6.45) is 1.81. The summed E-state index contributed by atoms with van der Waals surface area (Å²) in [5, 5.41) is 2.62. The third-order valence-corrected chi connectivity index (χ3v) is 5.33. The summed E-state index contributed by atoms with van der Waals surface area (Å²) >= 11 is 9.76. The molecule has 1 aromatic rings. The Morgan fingerprint density at radius 2 is 2.21 bits per heavy atom. The van der Waals surface area contributed by atoms with E-state index in [2.05, 4.69) is 26.1 Å². The number of nitrogens with zero attached hydrogens (tertiary/aromatic N) is 1. The lowest BCUT2D eigenvalue weighted by Crippen LogP contribution is -2.38. The second kappa shape index (κ2) is 8.44. The van der Waals surface area contributed by atoms with E-state index in [1.165, 1.54) is 11.8 Å². The van der Waals surface area contributed by atoms with Gasteiger partial charge in [0.2, 0.25) is 0 Å². The summed E-state index contributed by atoms with van der Waals surface area (Å²) in [6, 6.07) is 5.77. The summed E-state index contributed by atoms with van der Waals surface area (Å²) < 4.78 is 12.7. The first-order valence-electron chi connectivity index (χ1n) is 7.59. The molecule has 0 saturated carbocycles. The second-order valence-corrected chi connectivity index (χ2v) is 7.97. The van der Waals surface area contributed by atoms with E-state index in [9.17, 15) is 4.79 Å². The van der Waals surface area contributed by atoms with Crippen molar-refractivity contribution in [1.82, 2.24) is 10.2 Å². The Kier molecular flexibility index (Phi) is 6.29. The molecule has 5 nitrogen and oxygen atoms in total. The van der Waals surface area contributed by atoms with Crippen molar-refractivity contribution in [3.63, 3.8) is 0 Å². The van der Waals surface area contributed by atoms with Gasteiger partial charge in [-0.1, -0.05) is 39.9 Å². The maximum absolute atomic E-state index is 11.8. The standard InChI is InChI=1S/C16H17BrN2O3S2/c17-12-1-2-13(22-8-5-19-3-6-21-7-4-19)11(9-12)10-14-15(20)18-16(23)24-14/h1-2,9-10H,3-8H2,(H,18,20,23)/b14-10+. The van der Waals surface area contributed by atoms with Gasteiger partial charge in [-0.15, -0.1) is 0 Å². The number of ether oxygens (including phenoxy) is 2. The Labute approximate surface area is 158 Å². The molecule has 0 unspecified atom stereocenters. The van der Waals surface area contributed by atoms with Crippen molar-refractivity contribution in [3.05, 3.63) is 33.1 Å². The highest BCUT2D eigenvalue weighted by Gasteiger charge is 2.22. The molecule has 2 fully saturated rings. The molecule has 0 bridgehead atoms. The first-order valence-corrected chi connectivity index (χ1v) is 9.61. The Hall–Kier alpha value is -0.930. The van der Waals surface area contributed by atoms with E-state index in [0.717, 1.165) is 48.6 Å². The number of thioether (sulfide) groups is 1. The third-order valence-electron chi connectivity index (χ3n) is 3.67. The first kappa shape index (κ1) is 17.9. The highest BCUT2D eigenvalue weighted by molar-refractivity contribution is 9.10. The molecule has 1 N–H and O–H groups in total. The SMILES string of the molecule is O=C1NC(=S)S/C1=C/c1cc(Br)ccc1OCCN1CCOCC1. The average molecular weight is 429 g/mol. The fraction of sp³-hybridized carbons (Fsp3) is 0.375. The molecule has 24 heavy (non-hydrogen) atoms. The Morgan fingerprint density at radius 3 is 2.92 bits per heavy atom. The van der Waals surface area contributed by atoms with Gasteiger partial charge in [0.05, 0.1) is 18.1 Å². The summed E-state index contributed by atoms with van der Waals surface area (Å²) in [5.74, 6) is 0.592. The van der Waals surface area contributed by atoms with Crippen LogP contribution in [0.3, 0.4) is 0 Å². The zero-order valence-corrected chi connectivity index (χ0v) is 16.1. The molecule has 2 heterocycles. The van der Waals surface area contributed by atoms with Crippen molar-refractivity contribution in [2.75, 3.05) is 39.5 Å². The largest absolute Gasteiger partial charge is 0.492 e. The maximum atomic E-state index is 11.8. The van der Waals surface area contributed by atoms with E-state index in [1.54, 1.807) is 0 Å². The van der Waals surface area contributed by atoms with E-state index in [0.29, 0.717) is 15.8 Å². The number of amides is 1. The molecule has 1 amide bonds. The molecule has 2 aliphatic heterocycles. The van der Waals surface area contributed by atoms with Crippen molar-refractivity contribution in [3.8, 4) is 5.75 Å². The number of benzene rings is 1. The van der Waals surface area contributed by atoms with E-state index in [-0.39, 0.29) is 5.91 Å². The van der Waals surface area contributed by atoms with Gasteiger partial charge >= 0.3 is 0 Å². The van der Waals surface area contributed by atoms with Gasteiger partial charge in [-0.3, -0.25) is 9.69 Å². The third kappa shape index (κ3) is 4.80. The number of hydrogen-bond donors (Lipinski definition) is 1. The van der Waals surface area contributed by atoms with Crippen LogP contribution in [0.1, 0.15) is 5.56 Å². The Morgan fingerprint density at radius 1 is 1.42 bits per heavy atom. The molecular formula is C16H17BrN2O3S2. The van der Waals surface area contributed by atoms with Gasteiger partial charge in [0.25, 0.3) is 5.91 Å². The minimum Gasteiger partial charge on any atom is -0.492 e. The van der Waals surface area contributed by atoms with Crippen molar-refractivity contribution < 1.29 is 14.3 Å². The number of carbonyl (C=O) groups excluding carboxylic acids is 1. The molecule has 8 heteroatoms. The summed E-state index contributed by atoms with van der Waals surface area (Å²) in [4.78, 5) is 14.7. The monoisotopic (exact) mass is 428 g/mol. The van der Waals surface area contributed by atoms with Crippen LogP contribution >= 0.6 is 39.9 Å².